The predicted molar refractivity (Wildman–Crippen MR) is 127 cm³/mol. The molecule has 4 aromatic rings. The molecule has 0 aliphatic heterocycles. The van der Waals surface area contributed by atoms with Gasteiger partial charge in [-0.2, -0.15) is 0 Å². The fourth-order valence-electron chi connectivity index (χ4n) is 3.86. The minimum absolute atomic E-state index is 0.222. The zero-order valence-corrected chi connectivity index (χ0v) is 19.0. The summed E-state index contributed by atoms with van der Waals surface area (Å²) in [6.07, 6.45) is 0.595. The number of ether oxygens (including phenoxy) is 3. The van der Waals surface area contributed by atoms with E-state index < -0.39 is 0 Å². The van der Waals surface area contributed by atoms with E-state index in [1.165, 1.54) is 26.9 Å². The van der Waals surface area contributed by atoms with Crippen molar-refractivity contribution in [2.24, 2.45) is 0 Å². The van der Waals surface area contributed by atoms with Crippen molar-refractivity contribution in [3.05, 3.63) is 83.7 Å². The average molecular weight is 446 g/mol. The number of imidazole rings is 1. The van der Waals surface area contributed by atoms with E-state index >= 15 is 0 Å². The van der Waals surface area contributed by atoms with Crippen LogP contribution in [0.4, 0.5) is 0 Å². The lowest BCUT2D eigenvalue weighted by atomic mass is 10.1. The number of nitrogens with one attached hydrogen (secondary N) is 1. The molecule has 0 saturated carbocycles. The molecule has 170 valence electrons. The van der Waals surface area contributed by atoms with E-state index in [1.807, 2.05) is 36.4 Å². The summed E-state index contributed by atoms with van der Waals surface area (Å²) in [6.45, 7) is 1.16. The molecule has 33 heavy (non-hydrogen) atoms. The minimum Gasteiger partial charge on any atom is -0.493 e. The minimum atomic E-state index is -0.222. The lowest BCUT2D eigenvalue weighted by Gasteiger charge is -2.14. The summed E-state index contributed by atoms with van der Waals surface area (Å²) in [6, 6.07) is 21.6. The number of amides is 1. The van der Waals surface area contributed by atoms with Crippen LogP contribution < -0.4 is 19.5 Å². The van der Waals surface area contributed by atoms with Gasteiger partial charge >= 0.3 is 0 Å². The topological polar surface area (TPSA) is 74.6 Å². The molecule has 4 rings (SSSR count). The van der Waals surface area contributed by atoms with Gasteiger partial charge in [0.1, 0.15) is 5.82 Å². The Morgan fingerprint density at radius 2 is 1.58 bits per heavy atom. The van der Waals surface area contributed by atoms with Crippen LogP contribution in [0.15, 0.2) is 66.7 Å². The van der Waals surface area contributed by atoms with Crippen molar-refractivity contribution in [2.75, 3.05) is 27.9 Å². The fourth-order valence-corrected chi connectivity index (χ4v) is 3.86. The first-order chi connectivity index (χ1) is 16.1. The number of aromatic nitrogens is 2. The van der Waals surface area contributed by atoms with Gasteiger partial charge in [-0.25, -0.2) is 4.98 Å². The zero-order chi connectivity index (χ0) is 23.2. The Kier molecular flexibility index (Phi) is 6.78. The number of carbonyl (C=O) groups excluding carboxylic acids is 1. The number of para-hydroxylation sites is 2. The molecule has 0 atom stereocenters. The van der Waals surface area contributed by atoms with Crippen LogP contribution in [-0.4, -0.2) is 43.3 Å². The highest BCUT2D eigenvalue weighted by atomic mass is 16.5. The molecule has 0 spiro atoms. The molecule has 0 unspecified atom stereocenters. The van der Waals surface area contributed by atoms with Crippen molar-refractivity contribution in [1.82, 2.24) is 14.9 Å². The van der Waals surface area contributed by atoms with Gasteiger partial charge in [0.2, 0.25) is 5.75 Å². The Bertz CT molecular complexity index is 1230. The van der Waals surface area contributed by atoms with Crippen LogP contribution in [-0.2, 0) is 13.0 Å². The van der Waals surface area contributed by atoms with Gasteiger partial charge in [-0.1, -0.05) is 42.5 Å². The second kappa shape index (κ2) is 10.1. The number of methoxy groups -OCH3 is 3. The van der Waals surface area contributed by atoms with Gasteiger partial charge in [-0.15, -0.1) is 0 Å². The Labute approximate surface area is 192 Å². The molecule has 0 aliphatic rings. The van der Waals surface area contributed by atoms with Crippen LogP contribution in [0, 0.1) is 0 Å². The highest BCUT2D eigenvalue weighted by Crippen LogP contribution is 2.38. The summed E-state index contributed by atoms with van der Waals surface area (Å²) >= 11 is 0. The molecule has 3 aromatic carbocycles. The van der Waals surface area contributed by atoms with Crippen LogP contribution in [0.3, 0.4) is 0 Å². The van der Waals surface area contributed by atoms with E-state index in [4.69, 9.17) is 19.2 Å². The van der Waals surface area contributed by atoms with E-state index in [0.717, 1.165) is 23.4 Å². The Morgan fingerprint density at radius 3 is 2.24 bits per heavy atom. The normalized spacial score (nSPS) is 10.8. The second-order valence-corrected chi connectivity index (χ2v) is 7.51. The smallest absolute Gasteiger partial charge is 0.251 e. The quantitative estimate of drug-likeness (QED) is 0.420. The first kappa shape index (κ1) is 22.2. The van der Waals surface area contributed by atoms with Crippen LogP contribution in [0.25, 0.3) is 11.0 Å². The van der Waals surface area contributed by atoms with Crippen molar-refractivity contribution < 1.29 is 19.0 Å². The van der Waals surface area contributed by atoms with Crippen LogP contribution in [0.5, 0.6) is 17.2 Å². The predicted octanol–water partition coefficient (Wildman–Crippen LogP) is 4.08. The molecule has 1 amide bonds. The third kappa shape index (κ3) is 4.77. The van der Waals surface area contributed by atoms with Gasteiger partial charge in [0, 0.05) is 25.1 Å². The highest BCUT2D eigenvalue weighted by molar-refractivity contribution is 5.95. The first-order valence-corrected chi connectivity index (χ1v) is 10.7. The number of hydrogen-bond donors (Lipinski definition) is 1. The van der Waals surface area contributed by atoms with E-state index in [0.29, 0.717) is 35.8 Å². The number of benzene rings is 3. The summed E-state index contributed by atoms with van der Waals surface area (Å²) in [5.41, 5.74) is 3.65. The molecule has 0 fully saturated rings. The van der Waals surface area contributed by atoms with Crippen molar-refractivity contribution in [2.45, 2.75) is 13.0 Å². The Morgan fingerprint density at radius 1 is 0.909 bits per heavy atom. The fraction of sp³-hybridized carbons (Fsp3) is 0.231. The molecular formula is C26H27N3O4. The summed E-state index contributed by atoms with van der Waals surface area (Å²) < 4.78 is 18.2. The maximum absolute atomic E-state index is 12.8. The molecule has 7 heteroatoms. The maximum Gasteiger partial charge on any atom is 0.251 e. The average Bonchev–Trinajstić information content (AvgIpc) is 3.20. The summed E-state index contributed by atoms with van der Waals surface area (Å²) in [5.74, 6) is 2.02. The zero-order valence-electron chi connectivity index (χ0n) is 19.0. The van der Waals surface area contributed by atoms with Gasteiger partial charge in [-0.05, 0) is 29.8 Å². The molecule has 1 aromatic heterocycles. The first-order valence-electron chi connectivity index (χ1n) is 10.7. The molecular weight excluding hydrogens is 418 g/mol. The molecule has 0 bridgehead atoms. The Balaban J connectivity index is 1.51. The maximum atomic E-state index is 12.8. The third-order valence-corrected chi connectivity index (χ3v) is 5.48. The number of fused-ring (bicyclic) bond motifs is 1. The number of hydrogen-bond acceptors (Lipinski definition) is 5. The van der Waals surface area contributed by atoms with Crippen molar-refractivity contribution in [1.29, 1.82) is 0 Å². The van der Waals surface area contributed by atoms with E-state index in [1.54, 1.807) is 12.1 Å². The van der Waals surface area contributed by atoms with Crippen molar-refractivity contribution in [3.8, 4) is 17.2 Å². The number of rotatable bonds is 9. The SMILES string of the molecule is COc1cc(C(=O)NCCc2nc3ccccc3n2Cc2ccccc2)cc(OC)c1OC. The van der Waals surface area contributed by atoms with Gasteiger partial charge < -0.3 is 24.1 Å². The molecule has 0 radical (unpaired) electrons. The van der Waals surface area contributed by atoms with E-state index in [9.17, 15) is 4.79 Å². The molecule has 0 aliphatic carbocycles. The monoisotopic (exact) mass is 445 g/mol. The van der Waals surface area contributed by atoms with Gasteiger partial charge in [0.05, 0.1) is 32.4 Å². The number of carbonyl (C=O) groups is 1. The van der Waals surface area contributed by atoms with Gasteiger partial charge in [-0.3, -0.25) is 4.79 Å². The lowest BCUT2D eigenvalue weighted by Crippen LogP contribution is -2.26. The van der Waals surface area contributed by atoms with Gasteiger partial charge in [0.15, 0.2) is 11.5 Å². The van der Waals surface area contributed by atoms with Crippen LogP contribution in [0.2, 0.25) is 0 Å². The lowest BCUT2D eigenvalue weighted by molar-refractivity contribution is 0.0953. The molecule has 1 N–H and O–H groups in total. The molecule has 7 nitrogen and oxygen atoms in total. The van der Waals surface area contributed by atoms with Gasteiger partial charge in [0.25, 0.3) is 5.91 Å². The van der Waals surface area contributed by atoms with Crippen molar-refractivity contribution in [3.63, 3.8) is 0 Å². The van der Waals surface area contributed by atoms with Crippen molar-refractivity contribution >= 4 is 16.9 Å². The van der Waals surface area contributed by atoms with E-state index in [-0.39, 0.29) is 5.91 Å². The molecule has 0 saturated heterocycles. The third-order valence-electron chi connectivity index (χ3n) is 5.48. The molecule has 1 heterocycles. The van der Waals surface area contributed by atoms with E-state index in [2.05, 4.69) is 28.1 Å². The highest BCUT2D eigenvalue weighted by Gasteiger charge is 2.17. The second-order valence-electron chi connectivity index (χ2n) is 7.51. The summed E-state index contributed by atoms with van der Waals surface area (Å²) in [5, 5.41) is 2.98. The summed E-state index contributed by atoms with van der Waals surface area (Å²) in [4.78, 5) is 17.6. The number of nitrogens with zero attached hydrogens (tertiary/aromatic N) is 2. The largest absolute Gasteiger partial charge is 0.493 e. The van der Waals surface area contributed by atoms with Crippen LogP contribution >= 0.6 is 0 Å². The van der Waals surface area contributed by atoms with Crippen LogP contribution in [0.1, 0.15) is 21.7 Å². The standard InChI is InChI=1S/C26H27N3O4/c1-31-22-15-19(16-23(32-2)25(22)33-3)26(30)27-14-13-24-28-20-11-7-8-12-21(20)29(24)17-18-9-5-4-6-10-18/h4-12,15-16H,13-14,17H2,1-3H3,(H,27,30). The summed E-state index contributed by atoms with van der Waals surface area (Å²) in [7, 11) is 4.58. The Hall–Kier alpha value is -4.00.